The lowest BCUT2D eigenvalue weighted by Crippen LogP contribution is -2.50. The minimum atomic E-state index is -0.345. The van der Waals surface area contributed by atoms with E-state index in [4.69, 9.17) is 4.74 Å². The van der Waals surface area contributed by atoms with Gasteiger partial charge in [-0.2, -0.15) is 0 Å². The number of fused-ring (bicyclic) bond motifs is 1. The average Bonchev–Trinajstić information content (AvgIpc) is 2.16. The molecule has 80 valence electrons. The summed E-state index contributed by atoms with van der Waals surface area (Å²) in [7, 11) is 0. The molecule has 1 aliphatic heterocycles. The summed E-state index contributed by atoms with van der Waals surface area (Å²) in [6.07, 6.45) is 2.58. The second-order valence-electron chi connectivity index (χ2n) is 5.06. The third kappa shape index (κ3) is 1.36. The van der Waals surface area contributed by atoms with E-state index in [9.17, 15) is 5.11 Å². The van der Waals surface area contributed by atoms with E-state index in [0.29, 0.717) is 0 Å². The van der Waals surface area contributed by atoms with Crippen molar-refractivity contribution in [2.75, 3.05) is 0 Å². The molecule has 1 spiro atoms. The molecule has 1 saturated carbocycles. The maximum atomic E-state index is 10.1. The van der Waals surface area contributed by atoms with Gasteiger partial charge in [-0.3, -0.25) is 0 Å². The van der Waals surface area contributed by atoms with Crippen molar-refractivity contribution in [1.29, 1.82) is 0 Å². The molecule has 1 N–H and O–H groups in total. The summed E-state index contributed by atoms with van der Waals surface area (Å²) in [4.78, 5) is 0. The summed E-state index contributed by atoms with van der Waals surface area (Å²) in [5, 5.41) is 10.1. The number of hydrogen-bond donors (Lipinski definition) is 1. The van der Waals surface area contributed by atoms with Crippen molar-refractivity contribution in [1.82, 2.24) is 0 Å². The van der Waals surface area contributed by atoms with E-state index in [-0.39, 0.29) is 11.7 Å². The Kier molecular flexibility index (Phi) is 1.84. The molecule has 0 aromatic heterocycles. The Morgan fingerprint density at radius 3 is 2.73 bits per heavy atom. The maximum Gasteiger partial charge on any atom is 0.125 e. The van der Waals surface area contributed by atoms with Gasteiger partial charge in [0.2, 0.25) is 0 Å². The lowest BCUT2D eigenvalue weighted by Gasteiger charge is -2.50. The third-order valence-electron chi connectivity index (χ3n) is 3.61. The van der Waals surface area contributed by atoms with Crippen LogP contribution in [0.25, 0.3) is 0 Å². The molecule has 2 nitrogen and oxygen atoms in total. The minimum absolute atomic E-state index is 0.0623. The van der Waals surface area contributed by atoms with Gasteiger partial charge >= 0.3 is 0 Å². The van der Waals surface area contributed by atoms with Gasteiger partial charge in [0.15, 0.2) is 0 Å². The average molecular weight is 204 g/mol. The molecule has 0 unspecified atom stereocenters. The van der Waals surface area contributed by atoms with Crippen LogP contribution in [0.1, 0.15) is 37.9 Å². The molecule has 0 bridgehead atoms. The SMILES string of the molecule is CC1CC2(C1)C[C@@H](O)c1ccccc1O2. The number of para-hydroxylation sites is 1. The van der Waals surface area contributed by atoms with Crippen LogP contribution in [0.5, 0.6) is 5.75 Å². The Morgan fingerprint density at radius 2 is 2.00 bits per heavy atom. The molecule has 1 fully saturated rings. The summed E-state index contributed by atoms with van der Waals surface area (Å²) >= 11 is 0. The molecule has 1 aliphatic carbocycles. The van der Waals surface area contributed by atoms with Gasteiger partial charge in [0.05, 0.1) is 6.10 Å². The van der Waals surface area contributed by atoms with E-state index in [2.05, 4.69) is 6.92 Å². The van der Waals surface area contributed by atoms with Crippen LogP contribution < -0.4 is 4.74 Å². The zero-order valence-electron chi connectivity index (χ0n) is 8.94. The Bertz CT molecular complexity index is 380. The minimum Gasteiger partial charge on any atom is -0.487 e. The van der Waals surface area contributed by atoms with Crippen molar-refractivity contribution in [2.45, 2.75) is 37.9 Å². The van der Waals surface area contributed by atoms with Crippen LogP contribution in [-0.2, 0) is 0 Å². The zero-order chi connectivity index (χ0) is 10.5. The fraction of sp³-hybridized carbons (Fsp3) is 0.538. The first-order chi connectivity index (χ1) is 7.19. The van der Waals surface area contributed by atoms with Crippen molar-refractivity contribution in [3.8, 4) is 5.75 Å². The van der Waals surface area contributed by atoms with Gasteiger partial charge in [-0.1, -0.05) is 25.1 Å². The van der Waals surface area contributed by atoms with Crippen LogP contribution in [0.2, 0.25) is 0 Å². The van der Waals surface area contributed by atoms with Crippen LogP contribution in [-0.4, -0.2) is 10.7 Å². The first kappa shape index (κ1) is 9.22. The molecule has 15 heavy (non-hydrogen) atoms. The topological polar surface area (TPSA) is 29.5 Å². The highest BCUT2D eigenvalue weighted by atomic mass is 16.5. The second-order valence-corrected chi connectivity index (χ2v) is 5.06. The van der Waals surface area contributed by atoms with Crippen LogP contribution in [0, 0.1) is 5.92 Å². The van der Waals surface area contributed by atoms with Crippen LogP contribution in [0.3, 0.4) is 0 Å². The van der Waals surface area contributed by atoms with Gasteiger partial charge in [0.25, 0.3) is 0 Å². The van der Waals surface area contributed by atoms with Gasteiger partial charge in [-0.05, 0) is 24.8 Å². The van der Waals surface area contributed by atoms with Gasteiger partial charge in [0, 0.05) is 12.0 Å². The lowest BCUT2D eigenvalue weighted by molar-refractivity contribution is -0.0925. The molecule has 1 atom stereocenters. The highest BCUT2D eigenvalue weighted by Gasteiger charge is 2.48. The van der Waals surface area contributed by atoms with Crippen LogP contribution >= 0.6 is 0 Å². The van der Waals surface area contributed by atoms with Gasteiger partial charge in [0.1, 0.15) is 11.4 Å². The molecular formula is C13H16O2. The van der Waals surface area contributed by atoms with Gasteiger partial charge < -0.3 is 9.84 Å². The third-order valence-corrected chi connectivity index (χ3v) is 3.61. The molecule has 1 heterocycles. The van der Waals surface area contributed by atoms with Crippen LogP contribution in [0.4, 0.5) is 0 Å². The van der Waals surface area contributed by atoms with E-state index in [1.807, 2.05) is 24.3 Å². The largest absolute Gasteiger partial charge is 0.487 e. The number of aliphatic hydroxyl groups excluding tert-OH is 1. The molecular weight excluding hydrogens is 188 g/mol. The monoisotopic (exact) mass is 204 g/mol. The fourth-order valence-electron chi connectivity index (χ4n) is 3.05. The molecule has 0 amide bonds. The molecule has 2 heteroatoms. The number of aliphatic hydroxyl groups is 1. The van der Waals surface area contributed by atoms with Crippen molar-refractivity contribution in [3.05, 3.63) is 29.8 Å². The lowest BCUT2D eigenvalue weighted by atomic mass is 9.67. The van der Waals surface area contributed by atoms with E-state index in [0.717, 1.165) is 36.5 Å². The summed E-state index contributed by atoms with van der Waals surface area (Å²) in [5.74, 6) is 1.62. The fourth-order valence-corrected chi connectivity index (χ4v) is 3.05. The van der Waals surface area contributed by atoms with Crippen molar-refractivity contribution in [2.24, 2.45) is 5.92 Å². The number of hydrogen-bond acceptors (Lipinski definition) is 2. The van der Waals surface area contributed by atoms with E-state index in [1.54, 1.807) is 0 Å². The molecule has 0 radical (unpaired) electrons. The number of benzene rings is 1. The van der Waals surface area contributed by atoms with Crippen molar-refractivity contribution in [3.63, 3.8) is 0 Å². The Labute approximate surface area is 89.9 Å². The predicted molar refractivity (Wildman–Crippen MR) is 57.8 cm³/mol. The second kappa shape index (κ2) is 2.99. The Hall–Kier alpha value is -1.02. The standard InChI is InChI=1S/C13H16O2/c1-9-6-13(7-9)8-11(14)10-4-2-3-5-12(10)15-13/h2-5,9,11,14H,6-8H2,1H3/t9?,11-,13?/m1/s1. The first-order valence-corrected chi connectivity index (χ1v) is 5.65. The molecule has 1 aromatic rings. The number of ether oxygens (including phenoxy) is 1. The Morgan fingerprint density at radius 1 is 1.27 bits per heavy atom. The summed E-state index contributed by atoms with van der Waals surface area (Å²) in [6.45, 7) is 2.24. The quantitative estimate of drug-likeness (QED) is 0.704. The highest BCUT2D eigenvalue weighted by Crippen LogP contribution is 2.50. The molecule has 1 aromatic carbocycles. The van der Waals surface area contributed by atoms with E-state index in [1.165, 1.54) is 0 Å². The highest BCUT2D eigenvalue weighted by molar-refractivity contribution is 5.38. The van der Waals surface area contributed by atoms with Gasteiger partial charge in [-0.25, -0.2) is 0 Å². The summed E-state index contributed by atoms with van der Waals surface area (Å²) < 4.78 is 6.04. The summed E-state index contributed by atoms with van der Waals surface area (Å²) in [6, 6.07) is 7.83. The molecule has 2 aliphatic rings. The first-order valence-electron chi connectivity index (χ1n) is 5.65. The predicted octanol–water partition coefficient (Wildman–Crippen LogP) is 2.67. The van der Waals surface area contributed by atoms with Gasteiger partial charge in [-0.15, -0.1) is 0 Å². The van der Waals surface area contributed by atoms with Crippen LogP contribution in [0.15, 0.2) is 24.3 Å². The van der Waals surface area contributed by atoms with Crippen molar-refractivity contribution >= 4 is 0 Å². The molecule has 3 rings (SSSR count). The van der Waals surface area contributed by atoms with E-state index < -0.39 is 0 Å². The Balaban J connectivity index is 1.93. The zero-order valence-corrected chi connectivity index (χ0v) is 8.94. The molecule has 0 saturated heterocycles. The summed E-state index contributed by atoms with van der Waals surface area (Å²) in [5.41, 5.74) is 0.885. The smallest absolute Gasteiger partial charge is 0.125 e. The number of rotatable bonds is 0. The van der Waals surface area contributed by atoms with E-state index >= 15 is 0 Å². The van der Waals surface area contributed by atoms with Crippen molar-refractivity contribution < 1.29 is 9.84 Å². The normalized spacial score (nSPS) is 38.0. The maximum absolute atomic E-state index is 10.1.